The Morgan fingerprint density at radius 2 is 2.22 bits per heavy atom. The van der Waals surface area contributed by atoms with E-state index < -0.39 is 0 Å². The Morgan fingerprint density at radius 1 is 1.56 bits per heavy atom. The maximum absolute atomic E-state index is 5.87. The average Bonchev–Trinajstić information content (AvgIpc) is 2.63. The van der Waals surface area contributed by atoms with Gasteiger partial charge in [0.05, 0.1) is 0 Å². The molecule has 0 bridgehead atoms. The van der Waals surface area contributed by atoms with Crippen LogP contribution in [0.15, 0.2) is 0 Å². The molecule has 0 aromatic heterocycles. The molecular weight excluding hydrogens is 110 g/mol. The smallest absolute Gasteiger partial charge is 0.00671 e. The first-order valence-corrected chi connectivity index (χ1v) is 4.10. The van der Waals surface area contributed by atoms with E-state index in [0.717, 1.165) is 5.92 Å². The zero-order chi connectivity index (χ0) is 6.69. The minimum absolute atomic E-state index is 0.532. The molecular formula is C8H17N. The van der Waals surface area contributed by atoms with Crippen LogP contribution >= 0.6 is 0 Å². The topological polar surface area (TPSA) is 26.0 Å². The molecule has 1 atom stereocenters. The van der Waals surface area contributed by atoms with Gasteiger partial charge in [0.15, 0.2) is 0 Å². The summed E-state index contributed by atoms with van der Waals surface area (Å²) in [6.07, 6.45) is 6.65. The Morgan fingerprint density at radius 3 is 2.67 bits per heavy atom. The maximum Gasteiger partial charge on any atom is 0.00671 e. The first-order chi connectivity index (χ1) is 4.34. The number of rotatable bonds is 4. The Bertz CT molecular complexity index is 76.6. The summed E-state index contributed by atoms with van der Waals surface area (Å²) in [6.45, 7) is 2.22. The number of unbranched alkanes of at least 4 members (excludes halogenated alkanes) is 1. The molecule has 0 heterocycles. The molecule has 9 heavy (non-hydrogen) atoms. The first-order valence-electron chi connectivity index (χ1n) is 4.10. The summed E-state index contributed by atoms with van der Waals surface area (Å²) in [5.41, 5.74) is 5.87. The van der Waals surface area contributed by atoms with Crippen LogP contribution < -0.4 is 5.73 Å². The quantitative estimate of drug-likeness (QED) is 0.613. The van der Waals surface area contributed by atoms with Gasteiger partial charge in [-0.1, -0.05) is 19.8 Å². The van der Waals surface area contributed by atoms with Crippen LogP contribution in [0.2, 0.25) is 0 Å². The predicted molar refractivity (Wildman–Crippen MR) is 40.2 cm³/mol. The van der Waals surface area contributed by atoms with Gasteiger partial charge >= 0.3 is 0 Å². The summed E-state index contributed by atoms with van der Waals surface area (Å²) in [6, 6.07) is 0.532. The van der Waals surface area contributed by atoms with E-state index in [0.29, 0.717) is 6.04 Å². The second kappa shape index (κ2) is 3.21. The second-order valence-electron chi connectivity index (χ2n) is 3.14. The van der Waals surface area contributed by atoms with E-state index in [1.54, 1.807) is 0 Å². The van der Waals surface area contributed by atoms with Crippen molar-refractivity contribution in [2.45, 2.75) is 45.1 Å². The van der Waals surface area contributed by atoms with Crippen molar-refractivity contribution in [3.63, 3.8) is 0 Å². The standard InChI is InChI=1S/C8H17N/c1-2-3-4-8(9)7-5-6-7/h7-8H,2-6,9H2,1H3/t8-/m1/s1. The molecule has 0 aliphatic heterocycles. The van der Waals surface area contributed by atoms with E-state index in [-0.39, 0.29) is 0 Å². The van der Waals surface area contributed by atoms with Gasteiger partial charge in [0.2, 0.25) is 0 Å². The van der Waals surface area contributed by atoms with Gasteiger partial charge in [-0.25, -0.2) is 0 Å². The largest absolute Gasteiger partial charge is 0.327 e. The Labute approximate surface area is 57.6 Å². The minimum Gasteiger partial charge on any atom is -0.327 e. The van der Waals surface area contributed by atoms with Gasteiger partial charge in [0.25, 0.3) is 0 Å². The maximum atomic E-state index is 5.87. The molecule has 1 aliphatic rings. The van der Waals surface area contributed by atoms with E-state index >= 15 is 0 Å². The minimum atomic E-state index is 0.532. The van der Waals surface area contributed by atoms with Gasteiger partial charge in [0, 0.05) is 6.04 Å². The summed E-state index contributed by atoms with van der Waals surface area (Å²) < 4.78 is 0. The van der Waals surface area contributed by atoms with Crippen molar-refractivity contribution in [2.75, 3.05) is 0 Å². The van der Waals surface area contributed by atoms with Crippen molar-refractivity contribution >= 4 is 0 Å². The van der Waals surface area contributed by atoms with Crippen molar-refractivity contribution < 1.29 is 0 Å². The van der Waals surface area contributed by atoms with E-state index in [4.69, 9.17) is 5.73 Å². The predicted octanol–water partition coefficient (Wildman–Crippen LogP) is 1.91. The number of nitrogens with two attached hydrogens (primary N) is 1. The van der Waals surface area contributed by atoms with Gasteiger partial charge in [-0.15, -0.1) is 0 Å². The molecule has 1 rings (SSSR count). The Balaban J connectivity index is 1.96. The summed E-state index contributed by atoms with van der Waals surface area (Å²) >= 11 is 0. The third-order valence-electron chi connectivity index (χ3n) is 2.12. The number of hydrogen-bond acceptors (Lipinski definition) is 1. The van der Waals surface area contributed by atoms with E-state index in [1.807, 2.05) is 0 Å². The van der Waals surface area contributed by atoms with Crippen molar-refractivity contribution in [3.8, 4) is 0 Å². The summed E-state index contributed by atoms with van der Waals surface area (Å²) in [5, 5.41) is 0. The van der Waals surface area contributed by atoms with Crippen molar-refractivity contribution in [2.24, 2.45) is 11.7 Å². The molecule has 0 radical (unpaired) electrons. The highest BCUT2D eigenvalue weighted by molar-refractivity contribution is 4.83. The van der Waals surface area contributed by atoms with Crippen LogP contribution in [-0.4, -0.2) is 6.04 Å². The van der Waals surface area contributed by atoms with Crippen molar-refractivity contribution in [1.82, 2.24) is 0 Å². The fourth-order valence-electron chi connectivity index (χ4n) is 1.20. The molecule has 1 nitrogen and oxygen atoms in total. The van der Waals surface area contributed by atoms with Crippen LogP contribution in [0.5, 0.6) is 0 Å². The molecule has 0 saturated heterocycles. The molecule has 1 aliphatic carbocycles. The van der Waals surface area contributed by atoms with Gasteiger partial charge in [0.1, 0.15) is 0 Å². The molecule has 0 amide bonds. The summed E-state index contributed by atoms with van der Waals surface area (Å²) in [4.78, 5) is 0. The molecule has 1 saturated carbocycles. The molecule has 0 aromatic rings. The Hall–Kier alpha value is -0.0400. The lowest BCUT2D eigenvalue weighted by Crippen LogP contribution is -2.21. The van der Waals surface area contributed by atoms with Crippen molar-refractivity contribution in [3.05, 3.63) is 0 Å². The van der Waals surface area contributed by atoms with Crippen LogP contribution in [0.25, 0.3) is 0 Å². The fraction of sp³-hybridized carbons (Fsp3) is 1.00. The first kappa shape index (κ1) is 7.07. The van der Waals surface area contributed by atoms with Crippen LogP contribution in [0.1, 0.15) is 39.0 Å². The van der Waals surface area contributed by atoms with Gasteiger partial charge < -0.3 is 5.73 Å². The second-order valence-corrected chi connectivity index (χ2v) is 3.14. The van der Waals surface area contributed by atoms with Gasteiger partial charge in [-0.2, -0.15) is 0 Å². The molecule has 2 N–H and O–H groups in total. The molecule has 0 aromatic carbocycles. The van der Waals surface area contributed by atoms with Crippen molar-refractivity contribution in [1.29, 1.82) is 0 Å². The van der Waals surface area contributed by atoms with E-state index in [9.17, 15) is 0 Å². The third-order valence-corrected chi connectivity index (χ3v) is 2.12. The fourth-order valence-corrected chi connectivity index (χ4v) is 1.20. The lowest BCUT2D eigenvalue weighted by Gasteiger charge is -2.07. The highest BCUT2D eigenvalue weighted by Crippen LogP contribution is 2.33. The Kier molecular flexibility index (Phi) is 2.52. The summed E-state index contributed by atoms with van der Waals surface area (Å²) in [5.74, 6) is 0.900. The SMILES string of the molecule is CCCC[C@@H](N)C1CC1. The average molecular weight is 127 g/mol. The van der Waals surface area contributed by atoms with Gasteiger partial charge in [-0.05, 0) is 25.2 Å². The highest BCUT2D eigenvalue weighted by atomic mass is 14.7. The lowest BCUT2D eigenvalue weighted by molar-refractivity contribution is 0.524. The van der Waals surface area contributed by atoms with Crippen LogP contribution in [-0.2, 0) is 0 Å². The molecule has 1 heteroatoms. The molecule has 0 spiro atoms. The van der Waals surface area contributed by atoms with Crippen LogP contribution in [0.3, 0.4) is 0 Å². The highest BCUT2D eigenvalue weighted by Gasteiger charge is 2.27. The monoisotopic (exact) mass is 127 g/mol. The molecule has 54 valence electrons. The van der Waals surface area contributed by atoms with E-state index in [2.05, 4.69) is 6.92 Å². The molecule has 1 fully saturated rings. The number of hydrogen-bond donors (Lipinski definition) is 1. The van der Waals surface area contributed by atoms with Crippen LogP contribution in [0.4, 0.5) is 0 Å². The van der Waals surface area contributed by atoms with Crippen LogP contribution in [0, 0.1) is 5.92 Å². The zero-order valence-electron chi connectivity index (χ0n) is 6.27. The van der Waals surface area contributed by atoms with E-state index in [1.165, 1.54) is 32.1 Å². The lowest BCUT2D eigenvalue weighted by atomic mass is 10.1. The molecule has 0 unspecified atom stereocenters. The normalized spacial score (nSPS) is 22.0. The summed E-state index contributed by atoms with van der Waals surface area (Å²) in [7, 11) is 0. The van der Waals surface area contributed by atoms with Gasteiger partial charge in [-0.3, -0.25) is 0 Å². The zero-order valence-corrected chi connectivity index (χ0v) is 6.27. The third kappa shape index (κ3) is 2.35.